The lowest BCUT2D eigenvalue weighted by Crippen LogP contribution is -2.58. The molecule has 20 heavy (non-hydrogen) atoms. The van der Waals surface area contributed by atoms with Crippen LogP contribution < -0.4 is 10.5 Å². The third kappa shape index (κ3) is 3.52. The minimum atomic E-state index is -3.37. The van der Waals surface area contributed by atoms with E-state index in [9.17, 15) is 8.42 Å². The fourth-order valence-corrected chi connectivity index (χ4v) is 5.47. The molecule has 0 unspecified atom stereocenters. The first-order valence-corrected chi connectivity index (χ1v) is 9.38. The molecule has 2 aliphatic rings. The fraction of sp³-hybridized carbons (Fsp3) is 0.929. The van der Waals surface area contributed by atoms with Gasteiger partial charge in [0.25, 0.3) is 0 Å². The van der Waals surface area contributed by atoms with E-state index in [1.807, 2.05) is 0 Å². The molecule has 0 saturated heterocycles. The van der Waals surface area contributed by atoms with Crippen LogP contribution in [0, 0.1) is 5.41 Å². The quantitative estimate of drug-likeness (QED) is 0.422. The van der Waals surface area contributed by atoms with E-state index < -0.39 is 15.6 Å². The van der Waals surface area contributed by atoms with Crippen molar-refractivity contribution in [2.75, 3.05) is 0 Å². The molecule has 4 N–H and O–H groups in total. The van der Waals surface area contributed by atoms with Crippen molar-refractivity contribution < 1.29 is 8.42 Å². The molecule has 0 heterocycles. The maximum absolute atomic E-state index is 12.6. The summed E-state index contributed by atoms with van der Waals surface area (Å²) in [6, 6.07) is 0. The molecule has 0 aromatic heterocycles. The summed E-state index contributed by atoms with van der Waals surface area (Å²) in [6.07, 6.45) is 9.97. The van der Waals surface area contributed by atoms with Crippen molar-refractivity contribution in [2.24, 2.45) is 5.73 Å². The van der Waals surface area contributed by atoms with Crippen LogP contribution in [0.3, 0.4) is 0 Å². The van der Waals surface area contributed by atoms with Crippen molar-refractivity contribution in [1.82, 2.24) is 4.72 Å². The van der Waals surface area contributed by atoms with Crippen LogP contribution in [0.15, 0.2) is 0 Å². The molecular weight excluding hydrogens is 274 g/mol. The summed E-state index contributed by atoms with van der Waals surface area (Å²) in [7, 11) is -3.37. The van der Waals surface area contributed by atoms with Crippen LogP contribution in [0.2, 0.25) is 0 Å². The molecule has 2 saturated carbocycles. The molecule has 6 heteroatoms. The molecule has 0 bridgehead atoms. The van der Waals surface area contributed by atoms with Gasteiger partial charge in [-0.25, -0.2) is 13.1 Å². The zero-order valence-corrected chi connectivity index (χ0v) is 13.0. The van der Waals surface area contributed by atoms with Gasteiger partial charge in [-0.3, -0.25) is 5.41 Å². The maximum atomic E-state index is 12.6. The Morgan fingerprint density at radius 1 is 1.00 bits per heavy atom. The third-order valence-corrected chi connectivity index (χ3v) is 6.83. The molecule has 0 radical (unpaired) electrons. The van der Waals surface area contributed by atoms with Crippen LogP contribution in [0.25, 0.3) is 0 Å². The number of nitrogens with one attached hydrogen (secondary N) is 2. The van der Waals surface area contributed by atoms with Crippen LogP contribution in [0.4, 0.5) is 0 Å². The van der Waals surface area contributed by atoms with Gasteiger partial charge in [0.2, 0.25) is 10.0 Å². The summed E-state index contributed by atoms with van der Waals surface area (Å²) < 4.78 is 28.1. The number of amidine groups is 1. The monoisotopic (exact) mass is 301 g/mol. The highest BCUT2D eigenvalue weighted by molar-refractivity contribution is 7.90. The van der Waals surface area contributed by atoms with Gasteiger partial charge in [-0.1, -0.05) is 44.9 Å². The molecule has 0 aromatic carbocycles. The Kier molecular flexibility index (Phi) is 5.07. The van der Waals surface area contributed by atoms with E-state index in [2.05, 4.69) is 4.72 Å². The first kappa shape index (κ1) is 15.8. The summed E-state index contributed by atoms with van der Waals surface area (Å²) >= 11 is 0. The topological polar surface area (TPSA) is 96.0 Å². The Morgan fingerprint density at radius 2 is 1.50 bits per heavy atom. The second-order valence-corrected chi connectivity index (χ2v) is 8.28. The normalized spacial score (nSPS) is 25.0. The molecule has 0 spiro atoms. The molecule has 5 nitrogen and oxygen atoms in total. The predicted molar refractivity (Wildman–Crippen MR) is 81.3 cm³/mol. The minimum Gasteiger partial charge on any atom is -0.386 e. The van der Waals surface area contributed by atoms with Crippen molar-refractivity contribution in [3.8, 4) is 0 Å². The van der Waals surface area contributed by atoms with Crippen LogP contribution in [0.1, 0.15) is 70.6 Å². The maximum Gasteiger partial charge on any atom is 0.215 e. The molecule has 0 aromatic rings. The summed E-state index contributed by atoms with van der Waals surface area (Å²) in [5, 5.41) is 7.58. The molecule has 2 aliphatic carbocycles. The standard InChI is InChI=1S/C14H27N3O2S/c15-13(16)14(10-6-1-2-7-11-14)17-20(18,19)12-8-4-3-5-9-12/h12,17H,1-11H2,(H3,15,16). The highest BCUT2D eigenvalue weighted by atomic mass is 32.2. The Labute approximate surface area is 122 Å². The number of nitrogens with two attached hydrogens (primary N) is 1. The highest BCUT2D eigenvalue weighted by Crippen LogP contribution is 2.30. The van der Waals surface area contributed by atoms with E-state index in [0.29, 0.717) is 12.8 Å². The summed E-state index contributed by atoms with van der Waals surface area (Å²) in [5.41, 5.74) is 4.94. The van der Waals surface area contributed by atoms with Gasteiger partial charge in [-0.05, 0) is 25.7 Å². The fourth-order valence-electron chi connectivity index (χ4n) is 3.49. The van der Waals surface area contributed by atoms with E-state index in [1.165, 1.54) is 0 Å². The van der Waals surface area contributed by atoms with Crippen LogP contribution in [-0.2, 0) is 10.0 Å². The Bertz CT molecular complexity index is 433. The van der Waals surface area contributed by atoms with E-state index in [0.717, 1.165) is 57.8 Å². The van der Waals surface area contributed by atoms with Gasteiger partial charge >= 0.3 is 0 Å². The summed E-state index contributed by atoms with van der Waals surface area (Å²) in [6.45, 7) is 0. The van der Waals surface area contributed by atoms with Gasteiger partial charge in [-0.15, -0.1) is 0 Å². The van der Waals surface area contributed by atoms with Gasteiger partial charge in [0, 0.05) is 0 Å². The van der Waals surface area contributed by atoms with Gasteiger partial charge in [-0.2, -0.15) is 0 Å². The van der Waals surface area contributed by atoms with Crippen LogP contribution in [-0.4, -0.2) is 25.0 Å². The SMILES string of the molecule is N=C(N)C1(NS(=O)(=O)C2CCCCC2)CCCCCC1. The molecule has 2 rings (SSSR count). The van der Waals surface area contributed by atoms with E-state index in [1.54, 1.807) is 0 Å². The van der Waals surface area contributed by atoms with Crippen molar-refractivity contribution in [2.45, 2.75) is 81.4 Å². The Balaban J connectivity index is 2.16. The smallest absolute Gasteiger partial charge is 0.215 e. The average Bonchev–Trinajstić information content (AvgIpc) is 2.66. The summed E-state index contributed by atoms with van der Waals surface area (Å²) in [5.74, 6) is -0.0150. The highest BCUT2D eigenvalue weighted by Gasteiger charge is 2.40. The first-order valence-electron chi connectivity index (χ1n) is 7.84. The second-order valence-electron chi connectivity index (χ2n) is 6.32. The lowest BCUT2D eigenvalue weighted by atomic mass is 9.90. The first-order chi connectivity index (χ1) is 9.46. The lowest BCUT2D eigenvalue weighted by Gasteiger charge is -2.34. The van der Waals surface area contributed by atoms with Gasteiger partial charge in [0.1, 0.15) is 5.84 Å². The van der Waals surface area contributed by atoms with E-state index in [-0.39, 0.29) is 11.1 Å². The number of rotatable bonds is 4. The predicted octanol–water partition coefficient (Wildman–Crippen LogP) is 2.27. The van der Waals surface area contributed by atoms with Crippen molar-refractivity contribution >= 4 is 15.9 Å². The Hall–Kier alpha value is -0.620. The third-order valence-electron chi connectivity index (χ3n) is 4.80. The molecule has 116 valence electrons. The zero-order chi connectivity index (χ0) is 14.6. The zero-order valence-electron chi connectivity index (χ0n) is 12.2. The molecule has 0 amide bonds. The van der Waals surface area contributed by atoms with Gasteiger partial charge in [0.05, 0.1) is 10.8 Å². The molecule has 0 atom stereocenters. The second kappa shape index (κ2) is 6.43. The molecule has 2 fully saturated rings. The molecule has 0 aliphatic heterocycles. The van der Waals surface area contributed by atoms with E-state index in [4.69, 9.17) is 11.1 Å². The lowest BCUT2D eigenvalue weighted by molar-refractivity contribution is 0.418. The van der Waals surface area contributed by atoms with Crippen molar-refractivity contribution in [3.63, 3.8) is 0 Å². The van der Waals surface area contributed by atoms with Crippen molar-refractivity contribution in [1.29, 1.82) is 5.41 Å². The number of sulfonamides is 1. The number of hydrogen-bond donors (Lipinski definition) is 3. The number of hydrogen-bond acceptors (Lipinski definition) is 3. The average molecular weight is 301 g/mol. The molecular formula is C14H27N3O2S. The van der Waals surface area contributed by atoms with Crippen LogP contribution in [0.5, 0.6) is 0 Å². The largest absolute Gasteiger partial charge is 0.386 e. The van der Waals surface area contributed by atoms with Gasteiger partial charge in [0.15, 0.2) is 0 Å². The minimum absolute atomic E-state index is 0.0150. The summed E-state index contributed by atoms with van der Waals surface area (Å²) in [4.78, 5) is 0. The van der Waals surface area contributed by atoms with Crippen molar-refractivity contribution in [3.05, 3.63) is 0 Å². The van der Waals surface area contributed by atoms with E-state index >= 15 is 0 Å². The van der Waals surface area contributed by atoms with Crippen LogP contribution >= 0.6 is 0 Å². The Morgan fingerprint density at radius 3 is 2.00 bits per heavy atom. The van der Waals surface area contributed by atoms with Gasteiger partial charge < -0.3 is 5.73 Å².